The smallest absolute Gasteiger partial charge is 0.123 e. The van der Waals surface area contributed by atoms with Crippen molar-refractivity contribution >= 4 is 10.8 Å². The zero-order chi connectivity index (χ0) is 15.0. The van der Waals surface area contributed by atoms with Gasteiger partial charge in [0.1, 0.15) is 5.75 Å². The Morgan fingerprint density at radius 1 is 1.35 bits per heavy atom. The molecule has 4 heteroatoms. The van der Waals surface area contributed by atoms with E-state index in [2.05, 4.69) is 31.3 Å². The lowest BCUT2D eigenvalue weighted by molar-refractivity contribution is 0.411. The van der Waals surface area contributed by atoms with Crippen LogP contribution >= 0.6 is 0 Å². The van der Waals surface area contributed by atoms with E-state index in [0.717, 1.165) is 37.2 Å². The van der Waals surface area contributed by atoms with Crippen LogP contribution in [0.1, 0.15) is 44.7 Å². The Labute approximate surface area is 125 Å². The summed E-state index contributed by atoms with van der Waals surface area (Å²) in [6.45, 7) is 8.13. The quantitative estimate of drug-likeness (QED) is 0.711. The lowest BCUT2D eigenvalue weighted by atomic mass is 10.1. The summed E-state index contributed by atoms with van der Waals surface area (Å²) in [6.07, 6.45) is 2.06. The van der Waals surface area contributed by atoms with Gasteiger partial charge in [-0.05, 0) is 37.1 Å². The molecular weight excluding hydrogens is 270 g/mol. The average Bonchev–Trinajstić information content (AvgIpc) is 2.47. The van der Waals surface area contributed by atoms with E-state index in [0.29, 0.717) is 5.75 Å². The molecule has 2 unspecified atom stereocenters. The van der Waals surface area contributed by atoms with Crippen LogP contribution in [-0.4, -0.2) is 23.1 Å². The van der Waals surface area contributed by atoms with Gasteiger partial charge >= 0.3 is 0 Å². The van der Waals surface area contributed by atoms with E-state index in [1.807, 2.05) is 13.0 Å². The van der Waals surface area contributed by atoms with Crippen molar-refractivity contribution in [2.24, 2.45) is 0 Å². The molecule has 0 fully saturated rings. The summed E-state index contributed by atoms with van der Waals surface area (Å²) in [7, 11) is 0.823. The Hall–Kier alpha value is -0.870. The van der Waals surface area contributed by atoms with Crippen LogP contribution in [-0.2, 0) is 23.1 Å². The van der Waals surface area contributed by atoms with Crippen LogP contribution in [0.25, 0.3) is 0 Å². The fourth-order valence-corrected chi connectivity index (χ4v) is 3.13. The highest BCUT2D eigenvalue weighted by molar-refractivity contribution is 7.84. The molecule has 2 atom stereocenters. The third-order valence-electron chi connectivity index (χ3n) is 3.42. The highest BCUT2D eigenvalue weighted by atomic mass is 32.2. The van der Waals surface area contributed by atoms with Gasteiger partial charge in [-0.15, -0.1) is 0 Å². The molecule has 3 nitrogen and oxygen atoms in total. The molecule has 1 rings (SSSR count). The molecule has 1 aromatic carbocycles. The highest BCUT2D eigenvalue weighted by Crippen LogP contribution is 2.23. The minimum absolute atomic E-state index is 0.224. The molecule has 0 bridgehead atoms. The average molecular weight is 297 g/mol. The van der Waals surface area contributed by atoms with Crippen molar-refractivity contribution in [3.63, 3.8) is 0 Å². The van der Waals surface area contributed by atoms with Crippen LogP contribution in [0.5, 0.6) is 5.75 Å². The van der Waals surface area contributed by atoms with E-state index in [-0.39, 0.29) is 5.25 Å². The standard InChI is InChI=1S/C16H27NO2S/c1-5-9-17-11-14-7-8-16(19-4)15(10-14)12-20(18)13(3)6-2/h7-8,10,13,17H,5-6,9,11-12H2,1-4H3. The van der Waals surface area contributed by atoms with Crippen LogP contribution in [0.3, 0.4) is 0 Å². The lowest BCUT2D eigenvalue weighted by Gasteiger charge is -2.13. The van der Waals surface area contributed by atoms with Gasteiger partial charge in [-0.25, -0.2) is 0 Å². The van der Waals surface area contributed by atoms with E-state index < -0.39 is 10.8 Å². The summed E-state index contributed by atoms with van der Waals surface area (Å²) >= 11 is 0. The van der Waals surface area contributed by atoms with Gasteiger partial charge in [0.2, 0.25) is 0 Å². The normalized spacial score (nSPS) is 14.0. The monoisotopic (exact) mass is 297 g/mol. The zero-order valence-electron chi connectivity index (χ0n) is 13.1. The van der Waals surface area contributed by atoms with E-state index >= 15 is 0 Å². The fourth-order valence-electron chi connectivity index (χ4n) is 1.95. The van der Waals surface area contributed by atoms with Gasteiger partial charge < -0.3 is 10.1 Å². The van der Waals surface area contributed by atoms with Crippen LogP contribution in [0.4, 0.5) is 0 Å². The fraction of sp³-hybridized carbons (Fsp3) is 0.625. The minimum atomic E-state index is -0.844. The summed E-state index contributed by atoms with van der Waals surface area (Å²) in [5, 5.41) is 3.61. The van der Waals surface area contributed by atoms with Gasteiger partial charge in [-0.2, -0.15) is 0 Å². The van der Waals surface area contributed by atoms with Crippen molar-refractivity contribution in [1.29, 1.82) is 0 Å². The number of hydrogen-bond acceptors (Lipinski definition) is 3. The van der Waals surface area contributed by atoms with Gasteiger partial charge in [0.05, 0.1) is 12.9 Å². The molecule has 0 aromatic heterocycles. The topological polar surface area (TPSA) is 38.3 Å². The van der Waals surface area contributed by atoms with Crippen LogP contribution < -0.4 is 10.1 Å². The summed E-state index contributed by atoms with van der Waals surface area (Å²) in [6, 6.07) is 6.16. The number of nitrogens with one attached hydrogen (secondary N) is 1. The van der Waals surface area contributed by atoms with Crippen LogP contribution in [0, 0.1) is 0 Å². The second-order valence-electron chi connectivity index (χ2n) is 5.07. The number of ether oxygens (including phenoxy) is 1. The largest absolute Gasteiger partial charge is 0.496 e. The molecule has 0 amide bonds. The maximum absolute atomic E-state index is 12.2. The third-order valence-corrected chi connectivity index (χ3v) is 5.25. The molecule has 0 radical (unpaired) electrons. The lowest BCUT2D eigenvalue weighted by Crippen LogP contribution is -2.15. The van der Waals surface area contributed by atoms with Gasteiger partial charge in [0.25, 0.3) is 0 Å². The number of methoxy groups -OCH3 is 1. The molecule has 0 heterocycles. The first-order valence-electron chi connectivity index (χ1n) is 7.36. The maximum Gasteiger partial charge on any atom is 0.123 e. The molecule has 0 saturated heterocycles. The van der Waals surface area contributed by atoms with Crippen LogP contribution in [0.2, 0.25) is 0 Å². The molecule has 1 aromatic rings. The van der Waals surface area contributed by atoms with Crippen molar-refractivity contribution in [1.82, 2.24) is 5.32 Å². The molecule has 0 saturated carbocycles. The molecule has 0 aliphatic heterocycles. The van der Waals surface area contributed by atoms with E-state index in [1.54, 1.807) is 7.11 Å². The first kappa shape index (κ1) is 17.2. The number of rotatable bonds is 9. The molecule has 0 aliphatic carbocycles. The second kappa shape index (κ2) is 9.14. The van der Waals surface area contributed by atoms with Crippen molar-refractivity contribution in [2.45, 2.75) is 51.2 Å². The third kappa shape index (κ3) is 5.25. The molecule has 1 N–H and O–H groups in total. The van der Waals surface area contributed by atoms with Crippen molar-refractivity contribution in [3.05, 3.63) is 29.3 Å². The van der Waals surface area contributed by atoms with Gasteiger partial charge in [-0.3, -0.25) is 4.21 Å². The Morgan fingerprint density at radius 3 is 2.70 bits per heavy atom. The van der Waals surface area contributed by atoms with Crippen molar-refractivity contribution < 1.29 is 8.95 Å². The SMILES string of the molecule is CCCNCc1ccc(OC)c(CS(=O)C(C)CC)c1. The maximum atomic E-state index is 12.2. The predicted octanol–water partition coefficient (Wildman–Crippen LogP) is 3.24. The van der Waals surface area contributed by atoms with Gasteiger partial charge in [-0.1, -0.05) is 26.8 Å². The predicted molar refractivity (Wildman–Crippen MR) is 86.6 cm³/mol. The second-order valence-corrected chi connectivity index (χ2v) is 6.92. The zero-order valence-corrected chi connectivity index (χ0v) is 13.9. The number of benzene rings is 1. The van der Waals surface area contributed by atoms with Crippen LogP contribution in [0.15, 0.2) is 18.2 Å². The van der Waals surface area contributed by atoms with Crippen molar-refractivity contribution in [3.8, 4) is 5.75 Å². The Morgan fingerprint density at radius 2 is 2.10 bits per heavy atom. The summed E-state index contributed by atoms with van der Waals surface area (Å²) in [4.78, 5) is 0. The summed E-state index contributed by atoms with van der Waals surface area (Å²) in [5.74, 6) is 1.40. The summed E-state index contributed by atoms with van der Waals surface area (Å²) in [5.41, 5.74) is 2.26. The van der Waals surface area contributed by atoms with Gasteiger partial charge in [0, 0.05) is 28.2 Å². The van der Waals surface area contributed by atoms with E-state index in [4.69, 9.17) is 4.74 Å². The Bertz CT molecular complexity index is 434. The molecule has 0 aliphatic rings. The van der Waals surface area contributed by atoms with Gasteiger partial charge in [0.15, 0.2) is 0 Å². The minimum Gasteiger partial charge on any atom is -0.496 e. The Kier molecular flexibility index (Phi) is 7.85. The molecular formula is C16H27NO2S. The first-order valence-corrected chi connectivity index (χ1v) is 8.74. The Balaban J connectivity index is 2.80. The van der Waals surface area contributed by atoms with Crippen molar-refractivity contribution in [2.75, 3.05) is 13.7 Å². The van der Waals surface area contributed by atoms with E-state index in [9.17, 15) is 4.21 Å². The molecule has 20 heavy (non-hydrogen) atoms. The first-order chi connectivity index (χ1) is 9.62. The highest BCUT2D eigenvalue weighted by Gasteiger charge is 2.13. The number of hydrogen-bond donors (Lipinski definition) is 1. The molecule has 114 valence electrons. The molecule has 0 spiro atoms. The summed E-state index contributed by atoms with van der Waals surface area (Å²) < 4.78 is 17.6. The van der Waals surface area contributed by atoms with E-state index in [1.165, 1.54) is 5.56 Å².